The van der Waals surface area contributed by atoms with Crippen molar-refractivity contribution in [3.63, 3.8) is 0 Å². The van der Waals surface area contributed by atoms with Crippen LogP contribution < -0.4 is 5.73 Å². The summed E-state index contributed by atoms with van der Waals surface area (Å²) in [6, 6.07) is 7.35. The van der Waals surface area contributed by atoms with Crippen molar-refractivity contribution in [3.05, 3.63) is 53.6 Å². The monoisotopic (exact) mass is 391 g/mol. The zero-order chi connectivity index (χ0) is 20.8. The third kappa shape index (κ3) is 3.21. The fourth-order valence-corrected chi connectivity index (χ4v) is 3.40. The Morgan fingerprint density at radius 2 is 2.10 bits per heavy atom. The van der Waals surface area contributed by atoms with Crippen LogP contribution >= 0.6 is 0 Å². The maximum absolute atomic E-state index is 13.8. The summed E-state index contributed by atoms with van der Waals surface area (Å²) in [5, 5.41) is 4.65. The summed E-state index contributed by atoms with van der Waals surface area (Å²) >= 11 is 0. The average Bonchev–Trinajstić information content (AvgIpc) is 3.20. The molecule has 1 atom stereocenters. The number of nitrogens with two attached hydrogens (primary N) is 1. The molecule has 0 aliphatic carbocycles. The summed E-state index contributed by atoms with van der Waals surface area (Å²) in [7, 11) is 1.76. The number of rotatable bonds is 2. The van der Waals surface area contributed by atoms with Crippen LogP contribution in [0.3, 0.4) is 0 Å². The summed E-state index contributed by atoms with van der Waals surface area (Å²) in [5.74, 6) is 5.28. The van der Waals surface area contributed by atoms with Crippen molar-refractivity contribution in [1.29, 1.82) is 0 Å². The first-order chi connectivity index (χ1) is 13.8. The van der Waals surface area contributed by atoms with Gasteiger partial charge in [-0.3, -0.25) is 9.59 Å². The second-order valence-electron chi connectivity index (χ2n) is 7.25. The molecule has 2 aromatic heterocycles. The van der Waals surface area contributed by atoms with Gasteiger partial charge in [0.25, 0.3) is 5.91 Å². The number of nitrogens with zero attached hydrogens (tertiary/aromatic N) is 4. The van der Waals surface area contributed by atoms with Crippen molar-refractivity contribution in [2.24, 2.45) is 11.1 Å². The van der Waals surface area contributed by atoms with Crippen LogP contribution in [0.4, 0.5) is 4.39 Å². The Hall–Kier alpha value is -3.73. The minimum atomic E-state index is -0.723. The molecule has 4 rings (SSSR count). The highest BCUT2D eigenvalue weighted by Crippen LogP contribution is 2.29. The summed E-state index contributed by atoms with van der Waals surface area (Å²) in [5.41, 5.74) is 5.71. The Morgan fingerprint density at radius 3 is 2.79 bits per heavy atom. The molecule has 1 fully saturated rings. The van der Waals surface area contributed by atoms with Gasteiger partial charge in [0, 0.05) is 36.8 Å². The van der Waals surface area contributed by atoms with Gasteiger partial charge in [0.05, 0.1) is 5.52 Å². The number of fused-ring (bicyclic) bond motifs is 1. The van der Waals surface area contributed by atoms with Crippen LogP contribution in [-0.4, -0.2) is 45.1 Å². The fraction of sp³-hybridized carbons (Fsp3) is 0.238. The van der Waals surface area contributed by atoms with E-state index in [0.717, 1.165) is 0 Å². The normalized spacial score (nSPS) is 18.7. The van der Waals surface area contributed by atoms with Gasteiger partial charge in [-0.2, -0.15) is 5.10 Å². The zero-order valence-electron chi connectivity index (χ0n) is 15.9. The number of hydrogen-bond acceptors (Lipinski definition) is 4. The number of primary amides is 1. The number of amides is 2. The summed E-state index contributed by atoms with van der Waals surface area (Å²) < 4.78 is 15.2. The van der Waals surface area contributed by atoms with E-state index in [1.165, 1.54) is 22.9 Å². The molecule has 7 nitrogen and oxygen atoms in total. The predicted molar refractivity (Wildman–Crippen MR) is 105 cm³/mol. The molecule has 3 aromatic rings. The maximum Gasteiger partial charge on any atom is 0.269 e. The molecular formula is C21H18FN5O2. The van der Waals surface area contributed by atoms with E-state index in [1.54, 1.807) is 30.3 Å². The van der Waals surface area contributed by atoms with E-state index in [0.29, 0.717) is 35.2 Å². The minimum Gasteiger partial charge on any atom is -0.364 e. The largest absolute Gasteiger partial charge is 0.364 e. The van der Waals surface area contributed by atoms with Crippen LogP contribution in [0, 0.1) is 23.1 Å². The highest BCUT2D eigenvalue weighted by molar-refractivity contribution is 6.04. The standard InChI is InChI=1S/C21H18FN5O2/c1-21(8-10-26(2)20(21)29)7-5-13-6-9-24-17(11-13)27-16-12-14(22)3-4-15(16)18(25-27)19(23)28/h3-4,6,9,11-12H,8,10H2,1-2H3,(H2,23,28)/t21-/m1/s1. The molecule has 1 aliphatic heterocycles. The number of pyridine rings is 1. The van der Waals surface area contributed by atoms with Crippen LogP contribution in [0.2, 0.25) is 0 Å². The van der Waals surface area contributed by atoms with Gasteiger partial charge in [-0.05, 0) is 37.6 Å². The van der Waals surface area contributed by atoms with Gasteiger partial charge in [-0.1, -0.05) is 11.8 Å². The molecule has 2 amide bonds. The lowest BCUT2D eigenvalue weighted by molar-refractivity contribution is -0.131. The van der Waals surface area contributed by atoms with Crippen molar-refractivity contribution >= 4 is 22.7 Å². The van der Waals surface area contributed by atoms with Crippen molar-refractivity contribution in [2.75, 3.05) is 13.6 Å². The summed E-state index contributed by atoms with van der Waals surface area (Å²) in [6.07, 6.45) is 2.21. The number of aromatic nitrogens is 3. The van der Waals surface area contributed by atoms with Crippen molar-refractivity contribution in [3.8, 4) is 17.7 Å². The van der Waals surface area contributed by atoms with Gasteiger partial charge in [-0.25, -0.2) is 14.1 Å². The SMILES string of the molecule is CN1CC[C@@](C)(C#Cc2ccnc(-n3nc(C(N)=O)c4ccc(F)cc43)c2)C1=O. The molecule has 0 saturated carbocycles. The van der Waals surface area contributed by atoms with E-state index < -0.39 is 17.1 Å². The molecule has 8 heteroatoms. The Kier molecular flexibility index (Phi) is 4.31. The second kappa shape index (κ2) is 6.71. The van der Waals surface area contributed by atoms with Gasteiger partial charge >= 0.3 is 0 Å². The predicted octanol–water partition coefficient (Wildman–Crippen LogP) is 1.88. The summed E-state index contributed by atoms with van der Waals surface area (Å²) in [4.78, 5) is 30.0. The number of benzene rings is 1. The molecule has 29 heavy (non-hydrogen) atoms. The van der Waals surface area contributed by atoms with E-state index in [4.69, 9.17) is 5.73 Å². The lowest BCUT2D eigenvalue weighted by atomic mass is 9.89. The Morgan fingerprint density at radius 1 is 1.31 bits per heavy atom. The van der Waals surface area contributed by atoms with E-state index in [2.05, 4.69) is 21.9 Å². The highest BCUT2D eigenvalue weighted by atomic mass is 19.1. The van der Waals surface area contributed by atoms with Gasteiger partial charge < -0.3 is 10.6 Å². The molecule has 0 spiro atoms. The van der Waals surface area contributed by atoms with Crippen LogP contribution in [0.25, 0.3) is 16.7 Å². The second-order valence-corrected chi connectivity index (χ2v) is 7.25. The van der Waals surface area contributed by atoms with Crippen molar-refractivity contribution in [1.82, 2.24) is 19.7 Å². The first kappa shape index (κ1) is 18.6. The number of likely N-dealkylation sites (tertiary alicyclic amines) is 1. The molecule has 1 saturated heterocycles. The molecule has 0 radical (unpaired) electrons. The Labute approximate surface area is 166 Å². The van der Waals surface area contributed by atoms with Crippen LogP contribution in [0.15, 0.2) is 36.5 Å². The molecule has 3 heterocycles. The van der Waals surface area contributed by atoms with Crippen LogP contribution in [-0.2, 0) is 4.79 Å². The van der Waals surface area contributed by atoms with E-state index in [-0.39, 0.29) is 11.6 Å². The first-order valence-electron chi connectivity index (χ1n) is 9.02. The number of carbonyl (C=O) groups is 2. The van der Waals surface area contributed by atoms with Gasteiger partial charge in [0.15, 0.2) is 11.5 Å². The highest BCUT2D eigenvalue weighted by Gasteiger charge is 2.39. The smallest absolute Gasteiger partial charge is 0.269 e. The third-order valence-electron chi connectivity index (χ3n) is 5.09. The molecule has 1 aliphatic rings. The lowest BCUT2D eigenvalue weighted by Crippen LogP contribution is -2.28. The zero-order valence-corrected chi connectivity index (χ0v) is 15.9. The third-order valence-corrected chi connectivity index (χ3v) is 5.09. The number of hydrogen-bond donors (Lipinski definition) is 1. The number of carbonyl (C=O) groups excluding carboxylic acids is 2. The maximum atomic E-state index is 13.8. The van der Waals surface area contributed by atoms with Gasteiger partial charge in [-0.15, -0.1) is 0 Å². The van der Waals surface area contributed by atoms with Crippen LogP contribution in [0.1, 0.15) is 29.4 Å². The molecule has 1 aromatic carbocycles. The van der Waals surface area contributed by atoms with Crippen molar-refractivity contribution < 1.29 is 14.0 Å². The Balaban J connectivity index is 1.78. The quantitative estimate of drug-likeness (QED) is 0.675. The molecule has 146 valence electrons. The number of halogens is 1. The molecular weight excluding hydrogens is 373 g/mol. The fourth-order valence-electron chi connectivity index (χ4n) is 3.40. The molecule has 2 N–H and O–H groups in total. The average molecular weight is 391 g/mol. The minimum absolute atomic E-state index is 0.000995. The van der Waals surface area contributed by atoms with E-state index >= 15 is 0 Å². The summed E-state index contributed by atoms with van der Waals surface area (Å²) in [6.45, 7) is 2.50. The van der Waals surface area contributed by atoms with E-state index in [9.17, 15) is 14.0 Å². The molecule has 0 bridgehead atoms. The van der Waals surface area contributed by atoms with Crippen molar-refractivity contribution in [2.45, 2.75) is 13.3 Å². The topological polar surface area (TPSA) is 94.1 Å². The Bertz CT molecular complexity index is 1220. The molecule has 0 unspecified atom stereocenters. The lowest BCUT2D eigenvalue weighted by Gasteiger charge is -2.14. The van der Waals surface area contributed by atoms with Gasteiger partial charge in [0.1, 0.15) is 11.2 Å². The van der Waals surface area contributed by atoms with Crippen LogP contribution in [0.5, 0.6) is 0 Å². The van der Waals surface area contributed by atoms with E-state index in [1.807, 2.05) is 6.92 Å². The first-order valence-corrected chi connectivity index (χ1v) is 9.02. The van der Waals surface area contributed by atoms with Gasteiger partial charge in [0.2, 0.25) is 5.91 Å².